The maximum Gasteiger partial charge on any atom is 0.407 e. The zero-order valence-corrected chi connectivity index (χ0v) is 26.2. The summed E-state index contributed by atoms with van der Waals surface area (Å²) in [6.45, 7) is 0.179. The molecule has 4 rings (SSSR count). The van der Waals surface area contributed by atoms with Crippen LogP contribution in [0.3, 0.4) is 0 Å². The van der Waals surface area contributed by atoms with Gasteiger partial charge in [0.05, 0.1) is 18.9 Å². The van der Waals surface area contributed by atoms with Crippen LogP contribution >= 0.6 is 0 Å². The fourth-order valence-corrected chi connectivity index (χ4v) is 6.84. The molecule has 1 saturated heterocycles. The van der Waals surface area contributed by atoms with Crippen LogP contribution in [0, 0.1) is 35.6 Å². The number of hydrogen-bond acceptors (Lipinski definition) is 6. The van der Waals surface area contributed by atoms with Gasteiger partial charge in [-0.3, -0.25) is 4.79 Å². The van der Waals surface area contributed by atoms with Crippen LogP contribution in [0.1, 0.15) is 41.9 Å². The Hall–Kier alpha value is -4.45. The minimum absolute atomic E-state index is 0.00956. The van der Waals surface area contributed by atoms with E-state index in [-0.39, 0.29) is 53.6 Å². The molecule has 2 unspecified atom stereocenters. The monoisotopic (exact) mass is 674 g/mol. The molecule has 0 bridgehead atoms. The smallest absolute Gasteiger partial charge is 0.407 e. The molecule has 0 radical (unpaired) electrons. The van der Waals surface area contributed by atoms with Gasteiger partial charge >= 0.3 is 6.09 Å². The number of sulfonamides is 1. The Balaban J connectivity index is 1.67. The van der Waals surface area contributed by atoms with E-state index < -0.39 is 63.3 Å². The molecule has 1 heterocycles. The number of amides is 2. The van der Waals surface area contributed by atoms with Crippen LogP contribution < -0.4 is 20.7 Å². The molecule has 250 valence electrons. The van der Waals surface area contributed by atoms with Crippen molar-refractivity contribution in [2.75, 3.05) is 24.7 Å². The Morgan fingerprint density at radius 3 is 2.38 bits per heavy atom. The average Bonchev–Trinajstić information content (AvgIpc) is 3.08. The molecule has 1 aliphatic heterocycles. The Bertz CT molecular complexity index is 1710. The normalized spacial score (nSPS) is 19.1. The maximum absolute atomic E-state index is 15.3. The number of carbonyl (C=O) groups excluding carboxylic acids is 2. The molecular formula is C33H34F4N4O5S. The third-order valence-corrected chi connectivity index (χ3v) is 9.25. The van der Waals surface area contributed by atoms with Crippen LogP contribution in [0.2, 0.25) is 0 Å². The minimum Gasteiger partial charge on any atom is -0.453 e. The van der Waals surface area contributed by atoms with E-state index in [1.54, 1.807) is 0 Å². The summed E-state index contributed by atoms with van der Waals surface area (Å²) in [5.41, 5.74) is 0.212. The van der Waals surface area contributed by atoms with Crippen molar-refractivity contribution in [3.63, 3.8) is 0 Å². The largest absolute Gasteiger partial charge is 0.453 e. The van der Waals surface area contributed by atoms with Crippen molar-refractivity contribution in [3.8, 4) is 12.3 Å². The lowest BCUT2D eigenvalue weighted by molar-refractivity contribution is -0.118. The summed E-state index contributed by atoms with van der Waals surface area (Å²) >= 11 is 0. The van der Waals surface area contributed by atoms with Gasteiger partial charge in [-0.15, -0.1) is 6.42 Å². The molecule has 0 saturated carbocycles. The van der Waals surface area contributed by atoms with E-state index in [2.05, 4.69) is 26.6 Å². The lowest BCUT2D eigenvalue weighted by Crippen LogP contribution is -2.48. The summed E-state index contributed by atoms with van der Waals surface area (Å²) < 4.78 is 90.4. The first-order valence-electron chi connectivity index (χ1n) is 14.7. The SMILES string of the molecule is C#CC1CCCS(=O)(=O)NC(CCc2c(F)cccc2NC(=O)[C@@H](NC(=O)OC)[C@@H](c2ccc(F)cc2)c2cc(F)cc(F)c2)CN1. The van der Waals surface area contributed by atoms with E-state index in [1.165, 1.54) is 30.3 Å². The predicted molar refractivity (Wildman–Crippen MR) is 168 cm³/mol. The minimum atomic E-state index is -3.64. The molecular weight excluding hydrogens is 640 g/mol. The van der Waals surface area contributed by atoms with Crippen LogP contribution in [0.5, 0.6) is 0 Å². The topological polar surface area (TPSA) is 126 Å². The van der Waals surface area contributed by atoms with Crippen molar-refractivity contribution in [2.24, 2.45) is 0 Å². The van der Waals surface area contributed by atoms with Crippen molar-refractivity contribution < 1.29 is 40.3 Å². The second kappa shape index (κ2) is 15.9. The third kappa shape index (κ3) is 9.77. The Kier molecular flexibility index (Phi) is 12.0. The molecule has 4 atom stereocenters. The summed E-state index contributed by atoms with van der Waals surface area (Å²) in [6.07, 6.45) is 5.43. The molecule has 4 N–H and O–H groups in total. The lowest BCUT2D eigenvalue weighted by atomic mass is 9.84. The number of terminal acetylenes is 1. The molecule has 1 aliphatic rings. The Morgan fingerprint density at radius 2 is 1.72 bits per heavy atom. The van der Waals surface area contributed by atoms with E-state index in [9.17, 15) is 31.2 Å². The fraction of sp³-hybridized carbons (Fsp3) is 0.333. The van der Waals surface area contributed by atoms with E-state index in [0.29, 0.717) is 18.9 Å². The summed E-state index contributed by atoms with van der Waals surface area (Å²) in [6, 6.07) is 8.69. The van der Waals surface area contributed by atoms with Crippen LogP contribution in [-0.2, 0) is 26.0 Å². The van der Waals surface area contributed by atoms with E-state index in [4.69, 9.17) is 11.2 Å². The standard InChI is InChI=1S/C33H34F4N4O5S/c1-3-25-6-5-15-47(44,45)41-26(19-38-25)13-14-27-28(37)7-4-8-29(27)39-32(42)31(40-33(43)46-2)30(20-9-11-22(34)12-10-20)21-16-23(35)18-24(36)17-21/h1,4,7-12,16-18,25-26,30-31,38,41H,5-6,13-15,19H2,2H3,(H,39,42)(H,40,43)/t25?,26?,30-,31-/m0/s1. The third-order valence-electron chi connectivity index (χ3n) is 7.73. The molecule has 1 fully saturated rings. The van der Waals surface area contributed by atoms with Crippen molar-refractivity contribution in [2.45, 2.75) is 49.7 Å². The first-order valence-corrected chi connectivity index (χ1v) is 16.4. The van der Waals surface area contributed by atoms with Gasteiger partial charge in [0.25, 0.3) is 0 Å². The van der Waals surface area contributed by atoms with Gasteiger partial charge in [-0.25, -0.2) is 35.5 Å². The highest BCUT2D eigenvalue weighted by atomic mass is 32.2. The zero-order chi connectivity index (χ0) is 34.1. The van der Waals surface area contributed by atoms with Gasteiger partial charge in [-0.05, 0) is 73.2 Å². The second-order valence-corrected chi connectivity index (χ2v) is 12.9. The molecule has 3 aromatic rings. The van der Waals surface area contributed by atoms with Crippen LogP contribution in [0.4, 0.5) is 28.0 Å². The first-order chi connectivity index (χ1) is 22.4. The molecule has 47 heavy (non-hydrogen) atoms. The van der Waals surface area contributed by atoms with E-state index in [0.717, 1.165) is 31.4 Å². The molecule has 3 aromatic carbocycles. The molecule has 0 aliphatic carbocycles. The Labute approximate surface area is 270 Å². The van der Waals surface area contributed by atoms with Crippen molar-refractivity contribution in [1.82, 2.24) is 15.4 Å². The molecule has 9 nitrogen and oxygen atoms in total. The van der Waals surface area contributed by atoms with Crippen molar-refractivity contribution >= 4 is 27.7 Å². The number of methoxy groups -OCH3 is 1. The molecule has 0 aromatic heterocycles. The highest BCUT2D eigenvalue weighted by molar-refractivity contribution is 7.89. The van der Waals surface area contributed by atoms with Gasteiger partial charge in [0.1, 0.15) is 29.3 Å². The number of hydrogen-bond donors (Lipinski definition) is 4. The van der Waals surface area contributed by atoms with Crippen molar-refractivity contribution in [1.29, 1.82) is 0 Å². The van der Waals surface area contributed by atoms with Gasteiger partial charge in [0.15, 0.2) is 0 Å². The summed E-state index contributed by atoms with van der Waals surface area (Å²) in [5.74, 6) is -2.93. The van der Waals surface area contributed by atoms with Gasteiger partial charge in [0, 0.05) is 35.8 Å². The summed E-state index contributed by atoms with van der Waals surface area (Å²) in [4.78, 5) is 26.4. The second-order valence-electron chi connectivity index (χ2n) is 11.0. The number of halogens is 4. The number of benzene rings is 3. The summed E-state index contributed by atoms with van der Waals surface area (Å²) in [5, 5.41) is 8.12. The number of alkyl carbamates (subject to hydrolysis) is 1. The highest BCUT2D eigenvalue weighted by Gasteiger charge is 2.34. The zero-order valence-electron chi connectivity index (χ0n) is 25.4. The molecule has 14 heteroatoms. The fourth-order valence-electron chi connectivity index (χ4n) is 5.47. The Morgan fingerprint density at radius 1 is 1.02 bits per heavy atom. The van der Waals surface area contributed by atoms with Crippen LogP contribution in [-0.4, -0.2) is 58.0 Å². The quantitative estimate of drug-likeness (QED) is 0.198. The van der Waals surface area contributed by atoms with E-state index in [1.807, 2.05) is 0 Å². The van der Waals surface area contributed by atoms with Gasteiger partial charge < -0.3 is 20.7 Å². The van der Waals surface area contributed by atoms with E-state index >= 15 is 4.39 Å². The molecule has 0 spiro atoms. The number of nitrogens with one attached hydrogen (secondary N) is 4. The highest BCUT2D eigenvalue weighted by Crippen LogP contribution is 2.31. The first kappa shape index (κ1) is 35.4. The van der Waals surface area contributed by atoms with Crippen LogP contribution in [0.15, 0.2) is 60.7 Å². The van der Waals surface area contributed by atoms with Crippen molar-refractivity contribution in [3.05, 3.63) is 101 Å². The predicted octanol–water partition coefficient (Wildman–Crippen LogP) is 4.34. The van der Waals surface area contributed by atoms with Gasteiger partial charge in [-0.1, -0.05) is 24.1 Å². The number of rotatable bonds is 9. The number of ether oxygens (including phenoxy) is 1. The average molecular weight is 675 g/mol. The lowest BCUT2D eigenvalue weighted by Gasteiger charge is -2.28. The molecule has 2 amide bonds. The number of anilines is 1. The van der Waals surface area contributed by atoms with Gasteiger partial charge in [-0.2, -0.15) is 0 Å². The number of carbonyl (C=O) groups is 2. The van der Waals surface area contributed by atoms with Gasteiger partial charge in [0.2, 0.25) is 15.9 Å². The van der Waals surface area contributed by atoms with Crippen LogP contribution in [0.25, 0.3) is 0 Å². The summed E-state index contributed by atoms with van der Waals surface area (Å²) in [7, 11) is -2.59. The maximum atomic E-state index is 15.3.